The van der Waals surface area contributed by atoms with Gasteiger partial charge in [-0.05, 0) is 25.5 Å². The Balaban J connectivity index is 3.20. The van der Waals surface area contributed by atoms with E-state index in [4.69, 9.17) is 22.1 Å². The molecule has 2 N–H and O–H groups in total. The maximum Gasteiger partial charge on any atom is 0.341 e. The molecule has 1 unspecified atom stereocenters. The zero-order valence-electron chi connectivity index (χ0n) is 10.1. The van der Waals surface area contributed by atoms with E-state index in [-0.39, 0.29) is 11.7 Å². The van der Waals surface area contributed by atoms with Gasteiger partial charge in [-0.25, -0.2) is 4.79 Å². The minimum atomic E-state index is -0.516. The second-order valence-electron chi connectivity index (χ2n) is 3.71. The first-order valence-corrected chi connectivity index (χ1v) is 5.71. The Bertz CT molecular complexity index is 420. The number of carbonyl (C=O) groups is 1. The van der Waals surface area contributed by atoms with Crippen LogP contribution in [-0.2, 0) is 4.74 Å². The van der Waals surface area contributed by atoms with Gasteiger partial charge in [-0.3, -0.25) is 0 Å². The van der Waals surface area contributed by atoms with Crippen molar-refractivity contribution in [1.82, 2.24) is 0 Å². The molecular weight excluding hydrogens is 242 g/mol. The second kappa shape index (κ2) is 5.77. The molecule has 0 aliphatic rings. The van der Waals surface area contributed by atoms with Gasteiger partial charge in [-0.2, -0.15) is 0 Å². The first-order chi connectivity index (χ1) is 7.99. The molecule has 0 aromatic heterocycles. The Hall–Kier alpha value is -1.42. The van der Waals surface area contributed by atoms with Crippen molar-refractivity contribution in [2.24, 2.45) is 0 Å². The summed E-state index contributed by atoms with van der Waals surface area (Å²) in [5.41, 5.74) is 6.28. The number of halogens is 1. The van der Waals surface area contributed by atoms with E-state index in [2.05, 4.69) is 4.74 Å². The van der Waals surface area contributed by atoms with Crippen LogP contribution in [-0.4, -0.2) is 19.2 Å². The molecule has 5 heteroatoms. The van der Waals surface area contributed by atoms with Crippen LogP contribution < -0.4 is 10.5 Å². The van der Waals surface area contributed by atoms with Gasteiger partial charge in [-0.15, -0.1) is 0 Å². The number of nitrogens with two attached hydrogens (primary N) is 1. The van der Waals surface area contributed by atoms with E-state index in [1.807, 2.05) is 13.8 Å². The predicted molar refractivity (Wildman–Crippen MR) is 67.6 cm³/mol. The van der Waals surface area contributed by atoms with Crippen molar-refractivity contribution in [3.8, 4) is 5.75 Å². The Kier molecular flexibility index (Phi) is 4.63. The quantitative estimate of drug-likeness (QED) is 0.666. The molecule has 0 amide bonds. The van der Waals surface area contributed by atoms with Crippen LogP contribution in [0.4, 0.5) is 5.69 Å². The SMILES string of the molecule is CCC(C)Oc1c(Cl)cc(N)cc1C(=O)OC. The van der Waals surface area contributed by atoms with Gasteiger partial charge < -0.3 is 15.2 Å². The molecule has 0 saturated carbocycles. The average molecular weight is 258 g/mol. The molecule has 17 heavy (non-hydrogen) atoms. The summed E-state index contributed by atoms with van der Waals surface area (Å²) in [6.45, 7) is 3.88. The van der Waals surface area contributed by atoms with E-state index in [1.54, 1.807) is 6.07 Å². The molecule has 0 aliphatic heterocycles. The molecule has 4 nitrogen and oxygen atoms in total. The van der Waals surface area contributed by atoms with E-state index in [0.717, 1.165) is 6.42 Å². The third-order valence-corrected chi connectivity index (χ3v) is 2.65. The summed E-state index contributed by atoms with van der Waals surface area (Å²) < 4.78 is 10.3. The monoisotopic (exact) mass is 257 g/mol. The lowest BCUT2D eigenvalue weighted by molar-refractivity contribution is 0.0593. The normalized spacial score (nSPS) is 12.0. The summed E-state index contributed by atoms with van der Waals surface area (Å²) in [5.74, 6) is -0.195. The molecular formula is C12H16ClNO3. The maximum atomic E-state index is 11.6. The topological polar surface area (TPSA) is 61.5 Å². The van der Waals surface area contributed by atoms with Crippen LogP contribution in [0, 0.1) is 0 Å². The molecule has 1 aromatic rings. The third kappa shape index (κ3) is 3.27. The average Bonchev–Trinajstić information content (AvgIpc) is 2.30. The van der Waals surface area contributed by atoms with E-state index in [1.165, 1.54) is 13.2 Å². The number of esters is 1. The number of hydrogen-bond acceptors (Lipinski definition) is 4. The van der Waals surface area contributed by atoms with E-state index in [9.17, 15) is 4.79 Å². The van der Waals surface area contributed by atoms with Crippen LogP contribution in [0.5, 0.6) is 5.75 Å². The molecule has 1 rings (SSSR count). The summed E-state index contributed by atoms with van der Waals surface area (Å²) in [5, 5.41) is 0.311. The standard InChI is InChI=1S/C12H16ClNO3/c1-4-7(2)17-11-9(12(15)16-3)5-8(14)6-10(11)13/h5-7H,4,14H2,1-3H3. The smallest absolute Gasteiger partial charge is 0.341 e. The Labute approximate surface area is 106 Å². The highest BCUT2D eigenvalue weighted by molar-refractivity contribution is 6.33. The number of methoxy groups -OCH3 is 1. The first kappa shape index (κ1) is 13.6. The Morgan fingerprint density at radius 1 is 1.53 bits per heavy atom. The maximum absolute atomic E-state index is 11.6. The van der Waals surface area contributed by atoms with E-state index >= 15 is 0 Å². The largest absolute Gasteiger partial charge is 0.488 e. The highest BCUT2D eigenvalue weighted by Crippen LogP contribution is 2.33. The Morgan fingerprint density at radius 3 is 2.71 bits per heavy atom. The van der Waals surface area contributed by atoms with Gasteiger partial charge in [0.25, 0.3) is 0 Å². The molecule has 0 bridgehead atoms. The fourth-order valence-electron chi connectivity index (χ4n) is 1.28. The van der Waals surface area contributed by atoms with Crippen molar-refractivity contribution in [2.45, 2.75) is 26.4 Å². The van der Waals surface area contributed by atoms with Gasteiger partial charge in [0, 0.05) is 5.69 Å². The molecule has 0 heterocycles. The summed E-state index contributed by atoms with van der Waals surface area (Å²) in [4.78, 5) is 11.6. The van der Waals surface area contributed by atoms with Gasteiger partial charge in [-0.1, -0.05) is 18.5 Å². The molecule has 0 spiro atoms. The summed E-state index contributed by atoms with van der Waals surface area (Å²) in [6.07, 6.45) is 0.765. The number of nitrogen functional groups attached to an aromatic ring is 1. The van der Waals surface area contributed by atoms with Crippen LogP contribution in [0.15, 0.2) is 12.1 Å². The zero-order chi connectivity index (χ0) is 13.0. The molecule has 0 aliphatic carbocycles. The number of benzene rings is 1. The Morgan fingerprint density at radius 2 is 2.18 bits per heavy atom. The van der Waals surface area contributed by atoms with Crippen molar-refractivity contribution >= 4 is 23.3 Å². The highest BCUT2D eigenvalue weighted by Gasteiger charge is 2.19. The van der Waals surface area contributed by atoms with E-state index < -0.39 is 5.97 Å². The second-order valence-corrected chi connectivity index (χ2v) is 4.11. The van der Waals surface area contributed by atoms with Crippen molar-refractivity contribution < 1.29 is 14.3 Å². The summed E-state index contributed by atoms with van der Waals surface area (Å²) in [6, 6.07) is 3.04. The number of hydrogen-bond donors (Lipinski definition) is 1. The molecule has 94 valence electrons. The first-order valence-electron chi connectivity index (χ1n) is 5.33. The molecule has 0 fully saturated rings. The van der Waals surface area contributed by atoms with Gasteiger partial charge in [0.1, 0.15) is 5.56 Å². The minimum Gasteiger partial charge on any atom is -0.488 e. The van der Waals surface area contributed by atoms with Crippen LogP contribution in [0.25, 0.3) is 0 Å². The lowest BCUT2D eigenvalue weighted by atomic mass is 10.1. The van der Waals surface area contributed by atoms with Crippen molar-refractivity contribution in [3.63, 3.8) is 0 Å². The van der Waals surface area contributed by atoms with Gasteiger partial charge in [0.15, 0.2) is 5.75 Å². The van der Waals surface area contributed by atoms with Gasteiger partial charge >= 0.3 is 5.97 Å². The van der Waals surface area contributed by atoms with Crippen LogP contribution >= 0.6 is 11.6 Å². The van der Waals surface area contributed by atoms with Crippen LogP contribution in [0.2, 0.25) is 5.02 Å². The molecule has 1 aromatic carbocycles. The zero-order valence-corrected chi connectivity index (χ0v) is 10.9. The van der Waals surface area contributed by atoms with Crippen LogP contribution in [0.1, 0.15) is 30.6 Å². The molecule has 0 radical (unpaired) electrons. The fourth-order valence-corrected chi connectivity index (χ4v) is 1.55. The highest BCUT2D eigenvalue weighted by atomic mass is 35.5. The van der Waals surface area contributed by atoms with Gasteiger partial charge in [0.2, 0.25) is 0 Å². The van der Waals surface area contributed by atoms with Crippen LogP contribution in [0.3, 0.4) is 0 Å². The third-order valence-electron chi connectivity index (χ3n) is 2.37. The number of ether oxygens (including phenoxy) is 2. The minimum absolute atomic E-state index is 0.0421. The van der Waals surface area contributed by atoms with Crippen molar-refractivity contribution in [3.05, 3.63) is 22.7 Å². The number of rotatable bonds is 4. The van der Waals surface area contributed by atoms with E-state index in [0.29, 0.717) is 16.5 Å². The lowest BCUT2D eigenvalue weighted by Gasteiger charge is -2.17. The number of anilines is 1. The predicted octanol–water partition coefficient (Wildman–Crippen LogP) is 2.89. The molecule has 0 saturated heterocycles. The lowest BCUT2D eigenvalue weighted by Crippen LogP contribution is -2.14. The molecule has 1 atom stereocenters. The fraction of sp³-hybridized carbons (Fsp3) is 0.417. The number of carbonyl (C=O) groups excluding carboxylic acids is 1. The summed E-state index contributed by atoms with van der Waals surface area (Å²) in [7, 11) is 1.30. The van der Waals surface area contributed by atoms with Crippen molar-refractivity contribution in [1.29, 1.82) is 0 Å². The van der Waals surface area contributed by atoms with Gasteiger partial charge in [0.05, 0.1) is 18.2 Å². The van der Waals surface area contributed by atoms with Crippen molar-refractivity contribution in [2.75, 3.05) is 12.8 Å². The summed E-state index contributed by atoms with van der Waals surface area (Å²) >= 11 is 6.02.